The molecule has 150 valence electrons. The van der Waals surface area contributed by atoms with Gasteiger partial charge in [0.25, 0.3) is 5.91 Å². The minimum Gasteiger partial charge on any atom is -0.363 e. The van der Waals surface area contributed by atoms with Crippen molar-refractivity contribution in [1.82, 2.24) is 30.6 Å². The molecular formula is C18H17FN6O3S. The van der Waals surface area contributed by atoms with Crippen LogP contribution in [0.4, 0.5) is 4.39 Å². The number of nitrogens with one attached hydrogen (secondary N) is 2. The molecule has 4 rings (SSSR count). The van der Waals surface area contributed by atoms with Gasteiger partial charge in [0, 0.05) is 11.8 Å². The van der Waals surface area contributed by atoms with E-state index >= 15 is 0 Å². The number of nitrogens with zero attached hydrogens (tertiary/aromatic N) is 4. The van der Waals surface area contributed by atoms with E-state index in [2.05, 4.69) is 25.9 Å². The van der Waals surface area contributed by atoms with Crippen LogP contribution in [-0.2, 0) is 27.3 Å². The number of hydrogen-bond donors (Lipinski definition) is 2. The lowest BCUT2D eigenvalue weighted by atomic mass is 10.1. The van der Waals surface area contributed by atoms with Crippen molar-refractivity contribution in [3.63, 3.8) is 0 Å². The zero-order valence-corrected chi connectivity index (χ0v) is 15.9. The van der Waals surface area contributed by atoms with Crippen molar-refractivity contribution in [2.75, 3.05) is 6.61 Å². The molecule has 9 nitrogen and oxygen atoms in total. The fraction of sp³-hybridized carbons (Fsp3) is 0.278. The van der Waals surface area contributed by atoms with Crippen LogP contribution >= 0.6 is 11.3 Å². The van der Waals surface area contributed by atoms with Gasteiger partial charge in [-0.2, -0.15) is 0 Å². The number of amides is 2. The van der Waals surface area contributed by atoms with E-state index in [4.69, 9.17) is 4.74 Å². The average molecular weight is 416 g/mol. The summed E-state index contributed by atoms with van der Waals surface area (Å²) in [4.78, 5) is 28.8. The predicted octanol–water partition coefficient (Wildman–Crippen LogP) is 0.605. The molecule has 3 heterocycles. The topological polar surface area (TPSA) is 114 Å². The molecule has 29 heavy (non-hydrogen) atoms. The monoisotopic (exact) mass is 416 g/mol. The number of epoxide rings is 1. The molecule has 3 aromatic rings. The first-order valence-corrected chi connectivity index (χ1v) is 9.76. The Kier molecular flexibility index (Phi) is 5.58. The molecule has 2 atom stereocenters. The number of ether oxygens (including phenoxy) is 1. The fourth-order valence-corrected chi connectivity index (χ4v) is 3.19. The van der Waals surface area contributed by atoms with Gasteiger partial charge in [-0.25, -0.2) is 14.1 Å². The molecule has 1 aromatic carbocycles. The Bertz CT molecular complexity index is 987. The Morgan fingerprint density at radius 1 is 1.31 bits per heavy atom. The molecule has 2 N–H and O–H groups in total. The minimum absolute atomic E-state index is 0.128. The quantitative estimate of drug-likeness (QED) is 0.520. The largest absolute Gasteiger partial charge is 0.363 e. The Hall–Kier alpha value is -3.18. The van der Waals surface area contributed by atoms with Crippen molar-refractivity contribution in [2.45, 2.75) is 25.1 Å². The van der Waals surface area contributed by atoms with E-state index in [1.807, 2.05) is 5.38 Å². The number of carbonyl (C=O) groups is 2. The Morgan fingerprint density at radius 2 is 2.10 bits per heavy atom. The molecule has 0 bridgehead atoms. The summed E-state index contributed by atoms with van der Waals surface area (Å²) in [6, 6.07) is 5.03. The molecule has 0 saturated carbocycles. The summed E-state index contributed by atoms with van der Waals surface area (Å²) < 4.78 is 19.5. The highest BCUT2D eigenvalue weighted by molar-refractivity contribution is 7.07. The zero-order chi connectivity index (χ0) is 20.2. The van der Waals surface area contributed by atoms with E-state index in [0.29, 0.717) is 18.0 Å². The van der Waals surface area contributed by atoms with Crippen molar-refractivity contribution in [2.24, 2.45) is 0 Å². The molecule has 2 aromatic heterocycles. The molecule has 0 aliphatic carbocycles. The van der Waals surface area contributed by atoms with Crippen LogP contribution in [0.2, 0.25) is 0 Å². The summed E-state index contributed by atoms with van der Waals surface area (Å²) in [6.07, 6.45) is 1.42. The van der Waals surface area contributed by atoms with Gasteiger partial charge in [-0.3, -0.25) is 9.59 Å². The lowest BCUT2D eigenvalue weighted by molar-refractivity contribution is -0.129. The van der Waals surface area contributed by atoms with Gasteiger partial charge in [-0.15, -0.1) is 16.4 Å². The Balaban J connectivity index is 1.38. The standard InChI is InChI=1S/C18H17FN6O3S/c19-11-1-3-14(4-2-11)25-7-13(23-24-25)6-20-17(26)15(5-12-9-29-10-21-12)22-18(27)16-8-28-16/h1-4,7,9-10,15-16H,5-6,8H2,(H,20,26)(H,22,27). The van der Waals surface area contributed by atoms with Crippen molar-refractivity contribution >= 4 is 23.2 Å². The van der Waals surface area contributed by atoms with Gasteiger partial charge in [0.2, 0.25) is 5.91 Å². The lowest BCUT2D eigenvalue weighted by Gasteiger charge is -2.16. The number of halogens is 1. The summed E-state index contributed by atoms with van der Waals surface area (Å²) in [6.45, 7) is 0.493. The number of benzene rings is 1. The van der Waals surface area contributed by atoms with E-state index in [9.17, 15) is 14.0 Å². The first kappa shape index (κ1) is 19.2. The Morgan fingerprint density at radius 3 is 2.79 bits per heavy atom. The lowest BCUT2D eigenvalue weighted by Crippen LogP contribution is -2.49. The second kappa shape index (κ2) is 8.45. The van der Waals surface area contributed by atoms with Crippen LogP contribution < -0.4 is 10.6 Å². The van der Waals surface area contributed by atoms with Crippen molar-refractivity contribution in [3.05, 3.63) is 58.6 Å². The van der Waals surface area contributed by atoms with Gasteiger partial charge in [0.15, 0.2) is 6.10 Å². The highest BCUT2D eigenvalue weighted by Gasteiger charge is 2.34. The Labute approximate surface area is 168 Å². The summed E-state index contributed by atoms with van der Waals surface area (Å²) in [5.41, 5.74) is 3.56. The van der Waals surface area contributed by atoms with E-state index in [0.717, 1.165) is 5.69 Å². The van der Waals surface area contributed by atoms with Crippen LogP contribution in [0.25, 0.3) is 5.69 Å². The minimum atomic E-state index is -0.777. The first-order valence-electron chi connectivity index (χ1n) is 8.82. The summed E-state index contributed by atoms with van der Waals surface area (Å²) >= 11 is 1.42. The molecule has 1 fully saturated rings. The first-order chi connectivity index (χ1) is 14.1. The van der Waals surface area contributed by atoms with Gasteiger partial charge < -0.3 is 15.4 Å². The van der Waals surface area contributed by atoms with E-state index in [1.54, 1.807) is 23.8 Å². The molecular weight excluding hydrogens is 399 g/mol. The SMILES string of the molecule is O=C(NCc1cn(-c2ccc(F)cc2)nn1)C(Cc1cscn1)NC(=O)C1CO1. The molecule has 2 amide bonds. The van der Waals surface area contributed by atoms with Crippen LogP contribution in [0.15, 0.2) is 41.4 Å². The number of rotatable bonds is 8. The summed E-state index contributed by atoms with van der Waals surface area (Å²) in [7, 11) is 0. The van der Waals surface area contributed by atoms with E-state index in [1.165, 1.54) is 28.2 Å². The molecule has 1 saturated heterocycles. The van der Waals surface area contributed by atoms with Gasteiger partial charge >= 0.3 is 0 Å². The maximum Gasteiger partial charge on any atom is 0.252 e. The van der Waals surface area contributed by atoms with Crippen molar-refractivity contribution in [1.29, 1.82) is 0 Å². The smallest absolute Gasteiger partial charge is 0.252 e. The number of aromatic nitrogens is 4. The third kappa shape index (κ3) is 5.00. The van der Waals surface area contributed by atoms with E-state index < -0.39 is 12.1 Å². The molecule has 11 heteroatoms. The van der Waals surface area contributed by atoms with Crippen LogP contribution in [-0.4, -0.2) is 50.5 Å². The summed E-state index contributed by atoms with van der Waals surface area (Å²) in [5.74, 6) is -1.02. The molecule has 1 aliphatic rings. The van der Waals surface area contributed by atoms with Crippen LogP contribution in [0.5, 0.6) is 0 Å². The van der Waals surface area contributed by atoms with Crippen LogP contribution in [0, 0.1) is 5.82 Å². The fourth-order valence-electron chi connectivity index (χ4n) is 2.62. The highest BCUT2D eigenvalue weighted by atomic mass is 32.1. The van der Waals surface area contributed by atoms with Gasteiger partial charge in [-0.1, -0.05) is 5.21 Å². The van der Waals surface area contributed by atoms with E-state index in [-0.39, 0.29) is 30.6 Å². The van der Waals surface area contributed by atoms with Gasteiger partial charge in [0.1, 0.15) is 17.6 Å². The molecule has 2 unspecified atom stereocenters. The van der Waals surface area contributed by atoms with Crippen molar-refractivity contribution in [3.8, 4) is 5.69 Å². The second-order valence-corrected chi connectivity index (χ2v) is 7.13. The van der Waals surface area contributed by atoms with Crippen LogP contribution in [0.1, 0.15) is 11.4 Å². The second-order valence-electron chi connectivity index (χ2n) is 6.42. The normalized spacial score (nSPS) is 16.2. The number of carbonyl (C=O) groups excluding carboxylic acids is 2. The summed E-state index contributed by atoms with van der Waals surface area (Å²) in [5, 5.41) is 15.3. The maximum atomic E-state index is 13.0. The third-order valence-corrected chi connectivity index (χ3v) is 4.87. The zero-order valence-electron chi connectivity index (χ0n) is 15.1. The highest BCUT2D eigenvalue weighted by Crippen LogP contribution is 2.11. The van der Waals surface area contributed by atoms with Gasteiger partial charge in [0.05, 0.1) is 36.2 Å². The number of thiazole rings is 1. The van der Waals surface area contributed by atoms with Crippen LogP contribution in [0.3, 0.4) is 0 Å². The number of hydrogen-bond acceptors (Lipinski definition) is 7. The van der Waals surface area contributed by atoms with Crippen molar-refractivity contribution < 1.29 is 18.7 Å². The maximum absolute atomic E-state index is 13.0. The average Bonchev–Trinajstić information content (AvgIpc) is 3.25. The molecule has 0 spiro atoms. The predicted molar refractivity (Wildman–Crippen MR) is 101 cm³/mol. The third-order valence-electron chi connectivity index (χ3n) is 4.23. The van der Waals surface area contributed by atoms with Gasteiger partial charge in [-0.05, 0) is 24.3 Å². The molecule has 0 radical (unpaired) electrons. The molecule has 1 aliphatic heterocycles.